The third kappa shape index (κ3) is 2.72. The van der Waals surface area contributed by atoms with Crippen LogP contribution in [-0.4, -0.2) is 9.97 Å². The van der Waals surface area contributed by atoms with Crippen molar-refractivity contribution in [2.24, 2.45) is 5.73 Å². The van der Waals surface area contributed by atoms with Crippen molar-refractivity contribution < 1.29 is 4.74 Å². The highest BCUT2D eigenvalue weighted by Gasteiger charge is 2.08. The van der Waals surface area contributed by atoms with Crippen LogP contribution in [0.5, 0.6) is 11.8 Å². The average molecular weight is 250 g/mol. The van der Waals surface area contributed by atoms with Crippen molar-refractivity contribution in [1.29, 1.82) is 0 Å². The standard InChI is InChI=1S/C12H12ClN3O/c1-8-6-15-12(16-7-8)17-11-4-2-3-10(13)9(11)5-14/h2-4,6-7H,5,14H2,1H3. The van der Waals surface area contributed by atoms with Crippen molar-refractivity contribution in [1.82, 2.24) is 9.97 Å². The van der Waals surface area contributed by atoms with Gasteiger partial charge in [-0.1, -0.05) is 17.7 Å². The van der Waals surface area contributed by atoms with E-state index in [0.717, 1.165) is 11.1 Å². The molecule has 1 aromatic heterocycles. The van der Waals surface area contributed by atoms with Crippen LogP contribution in [0.25, 0.3) is 0 Å². The number of hydrogen-bond donors (Lipinski definition) is 1. The molecule has 1 aromatic carbocycles. The molecule has 0 aliphatic rings. The van der Waals surface area contributed by atoms with Crippen molar-refractivity contribution in [3.63, 3.8) is 0 Å². The summed E-state index contributed by atoms with van der Waals surface area (Å²) in [6, 6.07) is 5.64. The largest absolute Gasteiger partial charge is 0.424 e. The summed E-state index contributed by atoms with van der Waals surface area (Å²) in [6.45, 7) is 2.22. The van der Waals surface area contributed by atoms with E-state index in [2.05, 4.69) is 9.97 Å². The Hall–Kier alpha value is -1.65. The molecule has 2 N–H and O–H groups in total. The van der Waals surface area contributed by atoms with Gasteiger partial charge in [-0.05, 0) is 24.6 Å². The Kier molecular flexibility index (Phi) is 3.56. The second-order valence-corrected chi connectivity index (χ2v) is 3.97. The van der Waals surface area contributed by atoms with Crippen molar-refractivity contribution in [2.45, 2.75) is 13.5 Å². The molecular weight excluding hydrogens is 238 g/mol. The molecule has 0 aliphatic carbocycles. The molecule has 0 bridgehead atoms. The summed E-state index contributed by atoms with van der Waals surface area (Å²) in [5.74, 6) is 0.587. The number of benzene rings is 1. The van der Waals surface area contributed by atoms with Crippen molar-refractivity contribution in [2.75, 3.05) is 0 Å². The van der Waals surface area contributed by atoms with Gasteiger partial charge in [0.15, 0.2) is 0 Å². The highest BCUT2D eigenvalue weighted by Crippen LogP contribution is 2.28. The number of aromatic nitrogens is 2. The lowest BCUT2D eigenvalue weighted by Crippen LogP contribution is -2.01. The molecule has 0 saturated carbocycles. The van der Waals surface area contributed by atoms with Crippen LogP contribution in [0.3, 0.4) is 0 Å². The minimum absolute atomic E-state index is 0.285. The van der Waals surface area contributed by atoms with Gasteiger partial charge in [0.25, 0.3) is 0 Å². The highest BCUT2D eigenvalue weighted by atomic mass is 35.5. The summed E-state index contributed by atoms with van der Waals surface area (Å²) >= 11 is 6.02. The lowest BCUT2D eigenvalue weighted by atomic mass is 10.2. The first-order chi connectivity index (χ1) is 8.20. The van der Waals surface area contributed by atoms with Crippen LogP contribution in [0.4, 0.5) is 0 Å². The van der Waals surface area contributed by atoms with Crippen molar-refractivity contribution >= 4 is 11.6 Å². The predicted octanol–water partition coefficient (Wildman–Crippen LogP) is 2.69. The molecule has 0 saturated heterocycles. The second kappa shape index (κ2) is 5.12. The smallest absolute Gasteiger partial charge is 0.321 e. The van der Waals surface area contributed by atoms with E-state index in [9.17, 15) is 0 Å². The van der Waals surface area contributed by atoms with E-state index >= 15 is 0 Å². The normalized spacial score (nSPS) is 10.3. The lowest BCUT2D eigenvalue weighted by Gasteiger charge is -2.09. The van der Waals surface area contributed by atoms with Gasteiger partial charge < -0.3 is 10.5 Å². The van der Waals surface area contributed by atoms with Gasteiger partial charge in [0, 0.05) is 29.5 Å². The summed E-state index contributed by atoms with van der Waals surface area (Å²) in [7, 11) is 0. The minimum Gasteiger partial charge on any atom is -0.424 e. The number of aryl methyl sites for hydroxylation is 1. The topological polar surface area (TPSA) is 61.0 Å². The zero-order valence-corrected chi connectivity index (χ0v) is 10.1. The molecule has 5 heteroatoms. The van der Waals surface area contributed by atoms with Crippen LogP contribution >= 0.6 is 11.6 Å². The van der Waals surface area contributed by atoms with Gasteiger partial charge in [0.2, 0.25) is 0 Å². The zero-order chi connectivity index (χ0) is 12.3. The van der Waals surface area contributed by atoms with Crippen LogP contribution in [0.2, 0.25) is 5.02 Å². The average Bonchev–Trinajstić information content (AvgIpc) is 2.32. The van der Waals surface area contributed by atoms with E-state index in [0.29, 0.717) is 17.3 Å². The van der Waals surface area contributed by atoms with E-state index in [1.807, 2.05) is 6.92 Å². The molecule has 17 heavy (non-hydrogen) atoms. The second-order valence-electron chi connectivity index (χ2n) is 3.57. The van der Waals surface area contributed by atoms with E-state index < -0.39 is 0 Å². The van der Waals surface area contributed by atoms with Crippen LogP contribution in [0.1, 0.15) is 11.1 Å². The first-order valence-corrected chi connectivity index (χ1v) is 5.52. The zero-order valence-electron chi connectivity index (χ0n) is 9.35. The van der Waals surface area contributed by atoms with Crippen LogP contribution in [0, 0.1) is 6.92 Å². The maximum absolute atomic E-state index is 6.02. The minimum atomic E-state index is 0.285. The van der Waals surface area contributed by atoms with Gasteiger partial charge in [-0.2, -0.15) is 0 Å². The number of hydrogen-bond acceptors (Lipinski definition) is 4. The molecule has 0 atom stereocenters. The molecule has 2 rings (SSSR count). The van der Waals surface area contributed by atoms with Gasteiger partial charge in [-0.3, -0.25) is 0 Å². The monoisotopic (exact) mass is 249 g/mol. The molecule has 0 spiro atoms. The van der Waals surface area contributed by atoms with Gasteiger partial charge in [-0.15, -0.1) is 0 Å². The van der Waals surface area contributed by atoms with E-state index in [-0.39, 0.29) is 6.01 Å². The van der Waals surface area contributed by atoms with Crippen LogP contribution in [0.15, 0.2) is 30.6 Å². The molecule has 0 unspecified atom stereocenters. The van der Waals surface area contributed by atoms with Crippen LogP contribution < -0.4 is 10.5 Å². The number of ether oxygens (including phenoxy) is 1. The molecule has 2 aromatic rings. The Bertz CT molecular complexity index is 514. The summed E-state index contributed by atoms with van der Waals surface area (Å²) in [5.41, 5.74) is 7.35. The number of rotatable bonds is 3. The van der Waals surface area contributed by atoms with E-state index in [1.165, 1.54) is 0 Å². The maximum Gasteiger partial charge on any atom is 0.321 e. The third-order valence-corrected chi connectivity index (χ3v) is 2.59. The van der Waals surface area contributed by atoms with Gasteiger partial charge >= 0.3 is 6.01 Å². The Balaban J connectivity index is 2.29. The lowest BCUT2D eigenvalue weighted by molar-refractivity contribution is 0.436. The number of nitrogens with zero attached hydrogens (tertiary/aromatic N) is 2. The Morgan fingerprint density at radius 1 is 1.29 bits per heavy atom. The van der Waals surface area contributed by atoms with E-state index in [1.54, 1.807) is 30.6 Å². The molecule has 0 amide bonds. The fourth-order valence-corrected chi connectivity index (χ4v) is 1.61. The predicted molar refractivity (Wildman–Crippen MR) is 66.2 cm³/mol. The fraction of sp³-hybridized carbons (Fsp3) is 0.167. The molecule has 0 aliphatic heterocycles. The fourth-order valence-electron chi connectivity index (χ4n) is 1.36. The van der Waals surface area contributed by atoms with Crippen molar-refractivity contribution in [3.8, 4) is 11.8 Å². The number of halogens is 1. The third-order valence-electron chi connectivity index (χ3n) is 2.24. The Morgan fingerprint density at radius 3 is 2.65 bits per heavy atom. The van der Waals surface area contributed by atoms with Gasteiger partial charge in [0.05, 0.1) is 0 Å². The first kappa shape index (κ1) is 11.8. The molecule has 0 radical (unpaired) electrons. The summed E-state index contributed by atoms with van der Waals surface area (Å²) < 4.78 is 5.55. The summed E-state index contributed by atoms with van der Waals surface area (Å²) in [6.07, 6.45) is 3.38. The quantitative estimate of drug-likeness (QED) is 0.909. The Labute approximate surface area is 104 Å². The molecule has 1 heterocycles. The molecular formula is C12H12ClN3O. The van der Waals surface area contributed by atoms with Crippen LogP contribution in [-0.2, 0) is 6.54 Å². The van der Waals surface area contributed by atoms with Gasteiger partial charge in [0.1, 0.15) is 5.75 Å². The van der Waals surface area contributed by atoms with Gasteiger partial charge in [-0.25, -0.2) is 9.97 Å². The molecule has 0 fully saturated rings. The number of nitrogens with two attached hydrogens (primary N) is 1. The highest BCUT2D eigenvalue weighted by molar-refractivity contribution is 6.31. The van der Waals surface area contributed by atoms with E-state index in [4.69, 9.17) is 22.1 Å². The summed E-state index contributed by atoms with van der Waals surface area (Å²) in [4.78, 5) is 8.12. The molecule has 4 nitrogen and oxygen atoms in total. The SMILES string of the molecule is Cc1cnc(Oc2cccc(Cl)c2CN)nc1. The Morgan fingerprint density at radius 2 is 2.00 bits per heavy atom. The summed E-state index contributed by atoms with van der Waals surface area (Å²) in [5, 5.41) is 0.581. The first-order valence-electron chi connectivity index (χ1n) is 5.14. The maximum atomic E-state index is 6.02. The van der Waals surface area contributed by atoms with Crippen molar-refractivity contribution in [3.05, 3.63) is 46.7 Å². The molecule has 88 valence electrons.